The minimum Gasteiger partial charge on any atom is -0.478 e. The number of nitrogens with zero attached hydrogens (tertiary/aromatic N) is 1. The molecule has 1 heterocycles. The van der Waals surface area contributed by atoms with Crippen LogP contribution < -0.4 is 5.32 Å². The summed E-state index contributed by atoms with van der Waals surface area (Å²) >= 11 is 0. The number of rotatable bonds is 4. The van der Waals surface area contributed by atoms with E-state index in [9.17, 15) is 18.7 Å². The third-order valence-electron chi connectivity index (χ3n) is 3.03. The Balaban J connectivity index is 2.29. The second kappa shape index (κ2) is 5.87. The van der Waals surface area contributed by atoms with Crippen molar-refractivity contribution >= 4 is 11.7 Å². The molecule has 0 bridgehead atoms. The molecular weight excluding hydrogens is 278 g/mol. The van der Waals surface area contributed by atoms with E-state index < -0.39 is 17.6 Å². The van der Waals surface area contributed by atoms with E-state index in [1.54, 1.807) is 19.9 Å². The van der Waals surface area contributed by atoms with E-state index in [1.165, 1.54) is 6.07 Å². The number of carboxylic acids is 1. The predicted octanol–water partition coefficient (Wildman–Crippen LogP) is 3.29. The molecule has 0 saturated heterocycles. The van der Waals surface area contributed by atoms with E-state index in [2.05, 4.69) is 10.3 Å². The Morgan fingerprint density at radius 3 is 2.62 bits per heavy atom. The number of hydrogen-bond donors (Lipinski definition) is 2. The van der Waals surface area contributed by atoms with E-state index in [-0.39, 0.29) is 17.7 Å². The molecule has 0 aliphatic carbocycles. The predicted molar refractivity (Wildman–Crippen MR) is 74.4 cm³/mol. The van der Waals surface area contributed by atoms with Crippen molar-refractivity contribution in [1.29, 1.82) is 0 Å². The molecule has 2 aromatic rings. The number of aromatic nitrogens is 1. The normalized spacial score (nSPS) is 10.5. The van der Waals surface area contributed by atoms with Crippen molar-refractivity contribution < 1.29 is 18.7 Å². The quantitative estimate of drug-likeness (QED) is 0.907. The van der Waals surface area contributed by atoms with Crippen molar-refractivity contribution in [2.75, 3.05) is 5.32 Å². The molecule has 2 rings (SSSR count). The average molecular weight is 292 g/mol. The van der Waals surface area contributed by atoms with Crippen LogP contribution in [0.2, 0.25) is 0 Å². The molecule has 6 heteroatoms. The van der Waals surface area contributed by atoms with E-state index in [0.717, 1.165) is 12.1 Å². The molecule has 0 aliphatic heterocycles. The molecule has 0 fully saturated rings. The van der Waals surface area contributed by atoms with Gasteiger partial charge in [0.05, 0.1) is 11.4 Å². The SMILES string of the molecule is Cc1cc(NCc2ccc(F)cc2F)c(C(=O)O)c(C)n1. The molecule has 0 atom stereocenters. The lowest BCUT2D eigenvalue weighted by Crippen LogP contribution is -2.11. The van der Waals surface area contributed by atoms with Crippen LogP contribution in [-0.4, -0.2) is 16.1 Å². The molecular formula is C15H14F2N2O2. The highest BCUT2D eigenvalue weighted by Gasteiger charge is 2.15. The number of anilines is 1. The topological polar surface area (TPSA) is 62.2 Å². The van der Waals surface area contributed by atoms with Gasteiger partial charge in [-0.3, -0.25) is 4.98 Å². The molecule has 0 aliphatic rings. The molecule has 0 radical (unpaired) electrons. The summed E-state index contributed by atoms with van der Waals surface area (Å²) in [6.07, 6.45) is 0. The maximum atomic E-state index is 13.6. The van der Waals surface area contributed by atoms with Gasteiger partial charge >= 0.3 is 5.97 Å². The number of aromatic carboxylic acids is 1. The average Bonchev–Trinajstić information content (AvgIpc) is 2.36. The minimum absolute atomic E-state index is 0.0446. The second-order valence-corrected chi connectivity index (χ2v) is 4.67. The molecule has 0 amide bonds. The van der Waals surface area contributed by atoms with Crippen LogP contribution >= 0.6 is 0 Å². The largest absolute Gasteiger partial charge is 0.478 e. The van der Waals surface area contributed by atoms with Crippen LogP contribution in [0.1, 0.15) is 27.3 Å². The number of aryl methyl sites for hydroxylation is 2. The molecule has 0 saturated carbocycles. The summed E-state index contributed by atoms with van der Waals surface area (Å²) < 4.78 is 26.4. The first-order chi connectivity index (χ1) is 9.88. The van der Waals surface area contributed by atoms with Crippen LogP contribution in [0.15, 0.2) is 24.3 Å². The number of carbonyl (C=O) groups is 1. The zero-order valence-corrected chi connectivity index (χ0v) is 11.6. The monoisotopic (exact) mass is 292 g/mol. The van der Waals surface area contributed by atoms with Crippen molar-refractivity contribution in [1.82, 2.24) is 4.98 Å². The Kier molecular flexibility index (Phi) is 4.16. The van der Waals surface area contributed by atoms with Gasteiger partial charge in [-0.05, 0) is 26.0 Å². The highest BCUT2D eigenvalue weighted by Crippen LogP contribution is 2.21. The highest BCUT2D eigenvalue weighted by molar-refractivity contribution is 5.95. The van der Waals surface area contributed by atoms with Crippen molar-refractivity contribution in [3.8, 4) is 0 Å². The van der Waals surface area contributed by atoms with Crippen LogP contribution in [0.4, 0.5) is 14.5 Å². The lowest BCUT2D eigenvalue weighted by Gasteiger charge is -2.13. The van der Waals surface area contributed by atoms with Crippen LogP contribution in [0.5, 0.6) is 0 Å². The summed E-state index contributed by atoms with van der Waals surface area (Å²) in [6.45, 7) is 3.39. The Bertz CT molecular complexity index is 702. The highest BCUT2D eigenvalue weighted by atomic mass is 19.1. The van der Waals surface area contributed by atoms with Crippen molar-refractivity contribution in [3.05, 3.63) is 58.4 Å². The summed E-state index contributed by atoms with van der Waals surface area (Å²) in [6, 6.07) is 4.84. The first-order valence-electron chi connectivity index (χ1n) is 6.28. The van der Waals surface area contributed by atoms with Gasteiger partial charge in [0, 0.05) is 23.9 Å². The van der Waals surface area contributed by atoms with Crippen LogP contribution in [-0.2, 0) is 6.54 Å². The van der Waals surface area contributed by atoms with Gasteiger partial charge in [0.1, 0.15) is 17.2 Å². The summed E-state index contributed by atoms with van der Waals surface area (Å²) in [4.78, 5) is 15.4. The fourth-order valence-electron chi connectivity index (χ4n) is 2.09. The number of halogens is 2. The molecule has 1 aromatic carbocycles. The number of nitrogens with one attached hydrogen (secondary N) is 1. The van der Waals surface area contributed by atoms with Crippen molar-refractivity contribution in [3.63, 3.8) is 0 Å². The Morgan fingerprint density at radius 1 is 1.29 bits per heavy atom. The third-order valence-corrected chi connectivity index (χ3v) is 3.03. The number of hydrogen-bond acceptors (Lipinski definition) is 3. The lowest BCUT2D eigenvalue weighted by atomic mass is 10.1. The standard InChI is InChI=1S/C15H14F2N2O2/c1-8-5-13(14(15(20)21)9(2)19-8)18-7-10-3-4-11(16)6-12(10)17/h3-6H,7H2,1-2H3,(H,18,19)(H,20,21). The third kappa shape index (κ3) is 3.34. The fourth-order valence-corrected chi connectivity index (χ4v) is 2.09. The van der Waals surface area contributed by atoms with E-state index in [1.807, 2.05) is 0 Å². The first-order valence-corrected chi connectivity index (χ1v) is 6.28. The van der Waals surface area contributed by atoms with E-state index in [4.69, 9.17) is 0 Å². The molecule has 2 N–H and O–H groups in total. The number of pyridine rings is 1. The summed E-state index contributed by atoms with van der Waals surface area (Å²) in [5.74, 6) is -2.44. The minimum atomic E-state index is -1.11. The van der Waals surface area contributed by atoms with E-state index in [0.29, 0.717) is 17.1 Å². The Hall–Kier alpha value is -2.50. The summed E-state index contributed by atoms with van der Waals surface area (Å²) in [7, 11) is 0. The van der Waals surface area contributed by atoms with Gasteiger partial charge in [-0.2, -0.15) is 0 Å². The molecule has 1 aromatic heterocycles. The van der Waals surface area contributed by atoms with E-state index >= 15 is 0 Å². The zero-order valence-electron chi connectivity index (χ0n) is 11.6. The van der Waals surface area contributed by atoms with Crippen LogP contribution in [0, 0.1) is 25.5 Å². The lowest BCUT2D eigenvalue weighted by molar-refractivity contribution is 0.0696. The van der Waals surface area contributed by atoms with Crippen LogP contribution in [0.3, 0.4) is 0 Å². The second-order valence-electron chi connectivity index (χ2n) is 4.67. The van der Waals surface area contributed by atoms with Gasteiger partial charge in [-0.15, -0.1) is 0 Å². The summed E-state index contributed by atoms with van der Waals surface area (Å²) in [5.41, 5.74) is 1.68. The van der Waals surface area contributed by atoms with Crippen molar-refractivity contribution in [2.24, 2.45) is 0 Å². The maximum Gasteiger partial charge on any atom is 0.339 e. The maximum absolute atomic E-state index is 13.6. The fraction of sp³-hybridized carbons (Fsp3) is 0.200. The smallest absolute Gasteiger partial charge is 0.339 e. The van der Waals surface area contributed by atoms with Gasteiger partial charge in [0.25, 0.3) is 0 Å². The van der Waals surface area contributed by atoms with Gasteiger partial charge in [-0.1, -0.05) is 6.07 Å². The van der Waals surface area contributed by atoms with Gasteiger partial charge < -0.3 is 10.4 Å². The number of benzene rings is 1. The van der Waals surface area contributed by atoms with Gasteiger partial charge in [-0.25, -0.2) is 13.6 Å². The Labute approximate surface area is 120 Å². The first kappa shape index (κ1) is 14.9. The molecule has 21 heavy (non-hydrogen) atoms. The van der Waals surface area contributed by atoms with Gasteiger partial charge in [0.15, 0.2) is 0 Å². The van der Waals surface area contributed by atoms with Gasteiger partial charge in [0.2, 0.25) is 0 Å². The number of carboxylic acid groups (broad SMARTS) is 1. The molecule has 0 unspecified atom stereocenters. The molecule has 4 nitrogen and oxygen atoms in total. The van der Waals surface area contributed by atoms with Crippen LogP contribution in [0.25, 0.3) is 0 Å². The van der Waals surface area contributed by atoms with Crippen molar-refractivity contribution in [2.45, 2.75) is 20.4 Å². The molecule has 110 valence electrons. The molecule has 0 spiro atoms. The zero-order chi connectivity index (χ0) is 15.6. The summed E-state index contributed by atoms with van der Waals surface area (Å²) in [5, 5.41) is 12.1. The Morgan fingerprint density at radius 2 is 2.00 bits per heavy atom.